The van der Waals surface area contributed by atoms with Gasteiger partial charge in [-0.3, -0.25) is 19.3 Å². The monoisotopic (exact) mass is 487 g/mol. The standard InChI is InChI=1S/C21H34N3O4PS2/c1-6-10-13-23(29(27,28-14-7-2)31-16-9-4)21(30-15-8-3)22-20-12-11-19(24(25)26)17-18(20)5/h6,10-12,17H,7-9,13-16H2,1-5H3. The Bertz CT molecular complexity index is 806. The zero-order chi connectivity index (χ0) is 23.3. The number of allylic oxidation sites excluding steroid dienone is 1. The van der Waals surface area contributed by atoms with Crippen LogP contribution in [0.1, 0.15) is 52.5 Å². The van der Waals surface area contributed by atoms with E-state index in [0.717, 1.165) is 30.8 Å². The van der Waals surface area contributed by atoms with Crippen LogP contribution in [0, 0.1) is 17.0 Å². The molecule has 1 aromatic rings. The summed E-state index contributed by atoms with van der Waals surface area (Å²) in [5.41, 5.74) is 1.35. The number of hydrogen-bond acceptors (Lipinski definition) is 7. The first kappa shape index (κ1) is 27.8. The van der Waals surface area contributed by atoms with Crippen molar-refractivity contribution in [2.75, 3.05) is 24.7 Å². The number of benzene rings is 1. The molecule has 0 saturated carbocycles. The molecule has 0 aliphatic rings. The SMILES string of the molecule is CC=CCN(C(=Nc1ccc([N+](=O)[O-])cc1C)SCCC)P(=O)(OCCC)SCCC. The molecule has 0 radical (unpaired) electrons. The van der Waals surface area contributed by atoms with E-state index in [2.05, 4.69) is 13.8 Å². The third-order valence-electron chi connectivity index (χ3n) is 3.99. The van der Waals surface area contributed by atoms with Crippen molar-refractivity contribution < 1.29 is 14.0 Å². The van der Waals surface area contributed by atoms with Gasteiger partial charge in [-0.2, -0.15) is 0 Å². The van der Waals surface area contributed by atoms with Gasteiger partial charge in [-0.15, -0.1) is 0 Å². The Balaban J connectivity index is 3.51. The van der Waals surface area contributed by atoms with Crippen molar-refractivity contribution in [3.63, 3.8) is 0 Å². The lowest BCUT2D eigenvalue weighted by Crippen LogP contribution is -2.27. The van der Waals surface area contributed by atoms with Crippen LogP contribution in [-0.2, 0) is 9.09 Å². The van der Waals surface area contributed by atoms with Gasteiger partial charge in [0.2, 0.25) is 0 Å². The molecule has 31 heavy (non-hydrogen) atoms. The minimum absolute atomic E-state index is 0.0282. The van der Waals surface area contributed by atoms with E-state index < -0.39 is 11.6 Å². The zero-order valence-electron chi connectivity index (χ0n) is 19.1. The quantitative estimate of drug-likeness (QED) is 0.0707. The van der Waals surface area contributed by atoms with Crippen LogP contribution in [-0.4, -0.2) is 39.4 Å². The maximum atomic E-state index is 14.0. The highest BCUT2D eigenvalue weighted by atomic mass is 32.7. The van der Waals surface area contributed by atoms with Gasteiger partial charge in [-0.1, -0.05) is 44.7 Å². The van der Waals surface area contributed by atoms with Crippen LogP contribution in [0.25, 0.3) is 0 Å². The van der Waals surface area contributed by atoms with Crippen LogP contribution in [0.15, 0.2) is 35.3 Å². The highest BCUT2D eigenvalue weighted by molar-refractivity contribution is 8.56. The summed E-state index contributed by atoms with van der Waals surface area (Å²) >= 11 is 2.88. The molecule has 0 aromatic heterocycles. The van der Waals surface area contributed by atoms with Crippen molar-refractivity contribution >= 4 is 46.4 Å². The number of hydrogen-bond donors (Lipinski definition) is 0. The van der Waals surface area contributed by atoms with Gasteiger partial charge in [0.05, 0.1) is 17.2 Å². The van der Waals surface area contributed by atoms with E-state index in [1.54, 1.807) is 17.7 Å². The molecule has 0 saturated heterocycles. The number of amidine groups is 1. The predicted molar refractivity (Wildman–Crippen MR) is 136 cm³/mol. The Morgan fingerprint density at radius 3 is 2.52 bits per heavy atom. The number of nitro groups is 1. The minimum atomic E-state index is -3.23. The number of aliphatic imine (C=N–C) groups is 1. The highest BCUT2D eigenvalue weighted by Gasteiger charge is 2.35. The Labute approximate surface area is 194 Å². The molecule has 10 heteroatoms. The molecule has 0 aliphatic heterocycles. The fourth-order valence-corrected chi connectivity index (χ4v) is 8.11. The summed E-state index contributed by atoms with van der Waals surface area (Å²) < 4.78 is 21.7. The summed E-state index contributed by atoms with van der Waals surface area (Å²) in [6.45, 7) is 7.43. The van der Waals surface area contributed by atoms with Crippen molar-refractivity contribution in [1.29, 1.82) is 0 Å². The summed E-state index contributed by atoms with van der Waals surface area (Å²) in [7, 11) is 0. The lowest BCUT2D eigenvalue weighted by molar-refractivity contribution is -0.384. The van der Waals surface area contributed by atoms with E-state index in [4.69, 9.17) is 9.52 Å². The Morgan fingerprint density at radius 2 is 1.97 bits per heavy atom. The van der Waals surface area contributed by atoms with Crippen molar-refractivity contribution in [2.45, 2.75) is 53.9 Å². The maximum absolute atomic E-state index is 14.0. The molecule has 0 amide bonds. The summed E-state index contributed by atoms with van der Waals surface area (Å²) in [5.74, 6) is 1.53. The van der Waals surface area contributed by atoms with Crippen LogP contribution in [0.3, 0.4) is 0 Å². The van der Waals surface area contributed by atoms with E-state index in [9.17, 15) is 14.7 Å². The second-order valence-corrected chi connectivity index (χ2v) is 12.3. The van der Waals surface area contributed by atoms with E-state index in [1.165, 1.54) is 35.3 Å². The van der Waals surface area contributed by atoms with Gasteiger partial charge in [-0.25, -0.2) is 4.99 Å². The molecule has 0 bridgehead atoms. The first-order chi connectivity index (χ1) is 14.8. The number of nitro benzene ring substituents is 1. The van der Waals surface area contributed by atoms with Crippen molar-refractivity contribution in [2.24, 2.45) is 4.99 Å². The minimum Gasteiger partial charge on any atom is -0.306 e. The molecule has 0 heterocycles. The molecule has 0 N–H and O–H groups in total. The van der Waals surface area contributed by atoms with Crippen LogP contribution in [0.5, 0.6) is 0 Å². The average molecular weight is 488 g/mol. The first-order valence-corrected chi connectivity index (χ1v) is 14.7. The van der Waals surface area contributed by atoms with Crippen LogP contribution in [0.2, 0.25) is 0 Å². The largest absolute Gasteiger partial charge is 0.355 e. The third-order valence-corrected chi connectivity index (χ3v) is 10.1. The second kappa shape index (κ2) is 14.7. The lowest BCUT2D eigenvalue weighted by Gasteiger charge is -2.32. The lowest BCUT2D eigenvalue weighted by atomic mass is 10.2. The summed E-state index contributed by atoms with van der Waals surface area (Å²) in [5, 5.41) is 11.7. The second-order valence-electron chi connectivity index (χ2n) is 6.76. The van der Waals surface area contributed by atoms with E-state index in [-0.39, 0.29) is 5.69 Å². The average Bonchev–Trinajstić information content (AvgIpc) is 2.75. The molecular weight excluding hydrogens is 453 g/mol. The Kier molecular flexibility index (Phi) is 13.2. The van der Waals surface area contributed by atoms with E-state index in [0.29, 0.717) is 29.6 Å². The van der Waals surface area contributed by atoms with Gasteiger partial charge < -0.3 is 4.52 Å². The van der Waals surface area contributed by atoms with Crippen molar-refractivity contribution in [3.8, 4) is 0 Å². The topological polar surface area (TPSA) is 85.0 Å². The van der Waals surface area contributed by atoms with Gasteiger partial charge in [0, 0.05) is 30.2 Å². The van der Waals surface area contributed by atoms with E-state index >= 15 is 0 Å². The van der Waals surface area contributed by atoms with Crippen LogP contribution in [0.4, 0.5) is 11.4 Å². The Morgan fingerprint density at radius 1 is 1.26 bits per heavy atom. The third kappa shape index (κ3) is 9.00. The number of aryl methyl sites for hydroxylation is 1. The van der Waals surface area contributed by atoms with Crippen molar-refractivity contribution in [1.82, 2.24) is 4.67 Å². The van der Waals surface area contributed by atoms with Gasteiger partial charge in [0.1, 0.15) is 0 Å². The number of thioether (sulfide) groups is 1. The zero-order valence-corrected chi connectivity index (χ0v) is 21.6. The molecule has 1 aromatic carbocycles. The summed E-state index contributed by atoms with van der Waals surface area (Å²) in [6.07, 6.45) is 6.45. The first-order valence-electron chi connectivity index (χ1n) is 10.6. The summed E-state index contributed by atoms with van der Waals surface area (Å²) in [4.78, 5) is 15.5. The number of rotatable bonds is 13. The molecule has 1 unspecified atom stereocenters. The molecule has 1 rings (SSSR count). The fourth-order valence-electron chi connectivity index (χ4n) is 2.42. The van der Waals surface area contributed by atoms with Crippen LogP contribution >= 0.6 is 29.9 Å². The normalized spacial score (nSPS) is 14.0. The smallest absolute Gasteiger partial charge is 0.306 e. The Hall–Kier alpha value is -1.28. The van der Waals surface area contributed by atoms with Gasteiger partial charge in [0.15, 0.2) is 5.17 Å². The van der Waals surface area contributed by atoms with Gasteiger partial charge in [-0.05, 0) is 56.1 Å². The molecule has 0 fully saturated rings. The van der Waals surface area contributed by atoms with Gasteiger partial charge >= 0.3 is 6.72 Å². The molecular formula is C21H34N3O4PS2. The molecule has 0 spiro atoms. The van der Waals surface area contributed by atoms with Crippen molar-refractivity contribution in [3.05, 3.63) is 46.0 Å². The number of non-ortho nitro benzene ring substituents is 1. The predicted octanol–water partition coefficient (Wildman–Crippen LogP) is 7.59. The molecule has 1 atom stereocenters. The van der Waals surface area contributed by atoms with E-state index in [1.807, 2.05) is 26.0 Å². The van der Waals surface area contributed by atoms with Crippen LogP contribution < -0.4 is 0 Å². The summed E-state index contributed by atoms with van der Waals surface area (Å²) in [6, 6.07) is 4.60. The maximum Gasteiger partial charge on any atom is 0.355 e. The fraction of sp³-hybridized carbons (Fsp3) is 0.571. The molecule has 0 aliphatic carbocycles. The number of nitrogens with zero attached hydrogens (tertiary/aromatic N) is 3. The molecule has 174 valence electrons. The molecule has 7 nitrogen and oxygen atoms in total. The van der Waals surface area contributed by atoms with Gasteiger partial charge in [0.25, 0.3) is 5.69 Å². The highest BCUT2D eigenvalue weighted by Crippen LogP contribution is 2.63.